The minimum atomic E-state index is -0.287. The molecular weight excluding hydrogens is 334 g/mol. The summed E-state index contributed by atoms with van der Waals surface area (Å²) in [5, 5.41) is 13.0. The van der Waals surface area contributed by atoms with Gasteiger partial charge in [-0.2, -0.15) is 0 Å². The van der Waals surface area contributed by atoms with Gasteiger partial charge in [0, 0.05) is 18.5 Å². The molecule has 0 unspecified atom stereocenters. The van der Waals surface area contributed by atoms with Crippen molar-refractivity contribution >= 4 is 12.2 Å². The molecule has 0 saturated heterocycles. The number of aromatic amines is 1. The zero-order valence-corrected chi connectivity index (χ0v) is 15.4. The van der Waals surface area contributed by atoms with Gasteiger partial charge in [0.1, 0.15) is 11.6 Å². The van der Waals surface area contributed by atoms with Crippen LogP contribution in [-0.4, -0.2) is 21.2 Å². The summed E-state index contributed by atoms with van der Waals surface area (Å²) in [4.78, 5) is 15.3. The SMILES string of the molecule is CCCCCCn1c(O)c([C@@H]2[NH2+]CCc3ccccc32)c(=O)[nH]c1=S. The lowest BCUT2D eigenvalue weighted by atomic mass is 9.91. The number of fused-ring (bicyclic) bond motifs is 1. The molecule has 1 aliphatic heterocycles. The van der Waals surface area contributed by atoms with Gasteiger partial charge >= 0.3 is 0 Å². The average Bonchev–Trinajstić information content (AvgIpc) is 2.61. The number of nitrogens with one attached hydrogen (secondary N) is 1. The van der Waals surface area contributed by atoms with E-state index in [1.54, 1.807) is 4.57 Å². The second kappa shape index (κ2) is 7.97. The Balaban J connectivity index is 2.00. The molecule has 0 aliphatic carbocycles. The molecule has 0 saturated carbocycles. The maximum absolute atomic E-state index is 12.6. The van der Waals surface area contributed by atoms with Crippen molar-refractivity contribution in [2.45, 2.75) is 51.6 Å². The highest BCUT2D eigenvalue weighted by atomic mass is 32.1. The van der Waals surface area contributed by atoms with Crippen molar-refractivity contribution in [2.24, 2.45) is 0 Å². The molecule has 0 spiro atoms. The summed E-state index contributed by atoms with van der Waals surface area (Å²) in [6, 6.07) is 7.95. The predicted octanol–water partition coefficient (Wildman–Crippen LogP) is 2.40. The van der Waals surface area contributed by atoms with Gasteiger partial charge in [-0.15, -0.1) is 0 Å². The molecule has 5 nitrogen and oxygen atoms in total. The number of unbranched alkanes of at least 4 members (excludes halogenated alkanes) is 3. The Bertz CT molecular complexity index is 856. The van der Waals surface area contributed by atoms with Crippen LogP contribution in [0.15, 0.2) is 29.1 Å². The van der Waals surface area contributed by atoms with E-state index in [1.165, 1.54) is 5.56 Å². The summed E-state index contributed by atoms with van der Waals surface area (Å²) in [7, 11) is 0. The van der Waals surface area contributed by atoms with E-state index in [9.17, 15) is 9.90 Å². The Labute approximate surface area is 152 Å². The summed E-state index contributed by atoms with van der Waals surface area (Å²) < 4.78 is 1.97. The van der Waals surface area contributed by atoms with Crippen molar-refractivity contribution < 1.29 is 10.4 Å². The molecule has 0 fully saturated rings. The summed E-state index contributed by atoms with van der Waals surface area (Å²) >= 11 is 5.28. The Morgan fingerprint density at radius 2 is 2.12 bits per heavy atom. The van der Waals surface area contributed by atoms with Gasteiger partial charge in [0.15, 0.2) is 4.77 Å². The second-order valence-corrected chi connectivity index (χ2v) is 7.05. The van der Waals surface area contributed by atoms with Crippen molar-refractivity contribution in [3.05, 3.63) is 56.1 Å². The number of rotatable bonds is 6. The lowest BCUT2D eigenvalue weighted by Crippen LogP contribution is -2.87. The minimum Gasteiger partial charge on any atom is -0.494 e. The molecule has 1 aromatic carbocycles. The highest BCUT2D eigenvalue weighted by molar-refractivity contribution is 7.71. The van der Waals surface area contributed by atoms with Crippen molar-refractivity contribution in [2.75, 3.05) is 6.54 Å². The number of nitrogens with two attached hydrogens (primary N) is 1. The van der Waals surface area contributed by atoms with Crippen molar-refractivity contribution in [3.63, 3.8) is 0 Å². The fraction of sp³-hybridized carbons (Fsp3) is 0.474. The standard InChI is InChI=1S/C19H25N3O2S/c1-2-3-4-7-12-22-18(24)15(17(23)21-19(22)25)16-14-9-6-5-8-13(14)10-11-20-16/h5-6,8-9,16,20,24H,2-4,7,10-12H2,1H3,(H,21,23,25)/p+1/t16-/m1/s1. The molecule has 134 valence electrons. The zero-order chi connectivity index (χ0) is 17.8. The van der Waals surface area contributed by atoms with E-state index in [4.69, 9.17) is 12.2 Å². The molecule has 1 aromatic heterocycles. The normalized spacial score (nSPS) is 16.6. The highest BCUT2D eigenvalue weighted by Gasteiger charge is 2.31. The Hall–Kier alpha value is -1.92. The Morgan fingerprint density at radius 3 is 2.92 bits per heavy atom. The van der Waals surface area contributed by atoms with Crippen LogP contribution in [0.25, 0.3) is 0 Å². The first-order chi connectivity index (χ1) is 12.1. The number of H-pyrrole nitrogens is 1. The maximum Gasteiger partial charge on any atom is 0.265 e. The van der Waals surface area contributed by atoms with Crippen LogP contribution in [-0.2, 0) is 13.0 Å². The van der Waals surface area contributed by atoms with E-state index in [0.29, 0.717) is 16.9 Å². The lowest BCUT2D eigenvalue weighted by Gasteiger charge is -2.24. The first-order valence-corrected chi connectivity index (χ1v) is 9.51. The van der Waals surface area contributed by atoms with Crippen molar-refractivity contribution in [3.8, 4) is 5.88 Å². The number of hydrogen-bond donors (Lipinski definition) is 3. The molecule has 0 amide bonds. The summed E-state index contributed by atoms with van der Waals surface area (Å²) in [5.41, 5.74) is 2.47. The molecule has 25 heavy (non-hydrogen) atoms. The third kappa shape index (κ3) is 3.70. The highest BCUT2D eigenvalue weighted by Crippen LogP contribution is 2.28. The van der Waals surface area contributed by atoms with Crippen molar-refractivity contribution in [1.29, 1.82) is 0 Å². The van der Waals surface area contributed by atoms with Gasteiger partial charge in [-0.05, 0) is 24.2 Å². The van der Waals surface area contributed by atoms with Crippen LogP contribution in [0, 0.1) is 4.77 Å². The second-order valence-electron chi connectivity index (χ2n) is 6.66. The molecule has 1 atom stereocenters. The van der Waals surface area contributed by atoms with Crippen molar-refractivity contribution in [1.82, 2.24) is 9.55 Å². The minimum absolute atomic E-state index is 0.0169. The van der Waals surface area contributed by atoms with E-state index < -0.39 is 0 Å². The smallest absolute Gasteiger partial charge is 0.265 e. The van der Waals surface area contributed by atoms with Gasteiger partial charge in [-0.1, -0.05) is 50.5 Å². The van der Waals surface area contributed by atoms with E-state index in [-0.39, 0.29) is 17.5 Å². The first-order valence-electron chi connectivity index (χ1n) is 9.10. The van der Waals surface area contributed by atoms with Gasteiger partial charge < -0.3 is 10.4 Å². The number of nitrogens with zero attached hydrogens (tertiary/aromatic N) is 1. The molecule has 0 bridgehead atoms. The molecular formula is C19H26N3O2S+. The molecule has 0 radical (unpaired) electrons. The molecule has 4 N–H and O–H groups in total. The molecule has 2 aromatic rings. The largest absolute Gasteiger partial charge is 0.494 e. The Morgan fingerprint density at radius 1 is 1.32 bits per heavy atom. The van der Waals surface area contributed by atoms with Crippen LogP contribution < -0.4 is 10.9 Å². The molecule has 3 rings (SSSR count). The summed E-state index contributed by atoms with van der Waals surface area (Å²) in [6.45, 7) is 3.69. The third-order valence-corrected chi connectivity index (χ3v) is 5.28. The van der Waals surface area contributed by atoms with Crippen LogP contribution >= 0.6 is 12.2 Å². The number of aromatic nitrogens is 2. The van der Waals surface area contributed by atoms with Crippen LogP contribution in [0.3, 0.4) is 0 Å². The number of hydrogen-bond acceptors (Lipinski definition) is 3. The van der Waals surface area contributed by atoms with E-state index in [1.807, 2.05) is 18.2 Å². The van der Waals surface area contributed by atoms with E-state index in [2.05, 4.69) is 23.3 Å². The fourth-order valence-electron chi connectivity index (χ4n) is 3.63. The molecule has 6 heteroatoms. The third-order valence-electron chi connectivity index (χ3n) is 4.96. The Kier molecular flexibility index (Phi) is 5.71. The van der Waals surface area contributed by atoms with Gasteiger partial charge in [0.05, 0.1) is 6.54 Å². The molecule has 2 heterocycles. The lowest BCUT2D eigenvalue weighted by molar-refractivity contribution is -0.690. The first kappa shape index (κ1) is 17.9. The fourth-order valence-corrected chi connectivity index (χ4v) is 3.90. The predicted molar refractivity (Wildman–Crippen MR) is 100 cm³/mol. The number of aromatic hydroxyl groups is 1. The summed E-state index contributed by atoms with van der Waals surface area (Å²) in [5.74, 6) is 0.0169. The van der Waals surface area contributed by atoms with E-state index in [0.717, 1.165) is 44.2 Å². The quantitative estimate of drug-likeness (QED) is 0.547. The zero-order valence-electron chi connectivity index (χ0n) is 14.6. The van der Waals surface area contributed by atoms with Gasteiger partial charge in [-0.3, -0.25) is 14.3 Å². The summed E-state index contributed by atoms with van der Waals surface area (Å²) in [6.07, 6.45) is 5.31. The van der Waals surface area contributed by atoms with Gasteiger partial charge in [0.25, 0.3) is 5.56 Å². The molecule has 1 aliphatic rings. The van der Waals surface area contributed by atoms with Crippen LogP contribution in [0.1, 0.15) is 55.3 Å². The average molecular weight is 361 g/mol. The topological polar surface area (TPSA) is 74.6 Å². The van der Waals surface area contributed by atoms with E-state index >= 15 is 0 Å². The van der Waals surface area contributed by atoms with Gasteiger partial charge in [-0.25, -0.2) is 0 Å². The van der Waals surface area contributed by atoms with Crippen LogP contribution in [0.5, 0.6) is 5.88 Å². The monoisotopic (exact) mass is 360 g/mol. The number of benzene rings is 1. The van der Waals surface area contributed by atoms with Crippen LogP contribution in [0.4, 0.5) is 0 Å². The van der Waals surface area contributed by atoms with Crippen LogP contribution in [0.2, 0.25) is 0 Å². The van der Waals surface area contributed by atoms with Gasteiger partial charge in [0.2, 0.25) is 5.88 Å². The maximum atomic E-state index is 12.6. The number of quaternary nitrogens is 1.